The lowest BCUT2D eigenvalue weighted by Gasteiger charge is -2.19. The predicted octanol–water partition coefficient (Wildman–Crippen LogP) is 1.79. The number of aliphatic hydroxyl groups excluding tert-OH is 1. The Morgan fingerprint density at radius 1 is 1.42 bits per heavy atom. The van der Waals surface area contributed by atoms with Crippen LogP contribution >= 0.6 is 0 Å². The highest BCUT2D eigenvalue weighted by Gasteiger charge is 2.15. The van der Waals surface area contributed by atoms with Crippen molar-refractivity contribution >= 4 is 5.91 Å². The number of nitrogens with one attached hydrogen (secondary N) is 1. The van der Waals surface area contributed by atoms with E-state index in [9.17, 15) is 14.3 Å². The van der Waals surface area contributed by atoms with Crippen LogP contribution in [0, 0.1) is 5.82 Å². The zero-order chi connectivity index (χ0) is 14.5. The van der Waals surface area contributed by atoms with Gasteiger partial charge in [-0.05, 0) is 26.8 Å². The lowest BCUT2D eigenvalue weighted by atomic mass is 10.1. The molecule has 0 saturated carbocycles. The lowest BCUT2D eigenvalue weighted by Crippen LogP contribution is -2.34. The number of carbonyl (C=O) groups excluding carboxylic acids is 1. The zero-order valence-electron chi connectivity index (χ0n) is 11.4. The van der Waals surface area contributed by atoms with Crippen molar-refractivity contribution < 1.29 is 19.0 Å². The monoisotopic (exact) mass is 269 g/mol. The minimum absolute atomic E-state index is 0.0483. The molecule has 0 aliphatic carbocycles. The fourth-order valence-electron chi connectivity index (χ4n) is 1.40. The van der Waals surface area contributed by atoms with Crippen molar-refractivity contribution in [2.24, 2.45) is 0 Å². The smallest absolute Gasteiger partial charge is 0.246 e. The van der Waals surface area contributed by atoms with Gasteiger partial charge in [0.05, 0.1) is 11.7 Å². The SMILES string of the molecule is CC(C)(C)OCC(=O)NCC(O)c1ccccc1F. The van der Waals surface area contributed by atoms with Crippen LogP contribution in [0.25, 0.3) is 0 Å². The predicted molar refractivity (Wildman–Crippen MR) is 70.1 cm³/mol. The molecule has 106 valence electrons. The van der Waals surface area contributed by atoms with Gasteiger partial charge in [-0.3, -0.25) is 4.79 Å². The first-order chi connectivity index (χ1) is 8.79. The second-order valence-corrected chi connectivity index (χ2v) is 5.24. The van der Waals surface area contributed by atoms with Gasteiger partial charge in [-0.2, -0.15) is 0 Å². The minimum Gasteiger partial charge on any atom is -0.386 e. The van der Waals surface area contributed by atoms with Gasteiger partial charge >= 0.3 is 0 Å². The molecular formula is C14H20FNO3. The second kappa shape index (κ2) is 6.63. The number of halogens is 1. The van der Waals surface area contributed by atoms with Crippen LogP contribution in [-0.4, -0.2) is 29.8 Å². The second-order valence-electron chi connectivity index (χ2n) is 5.24. The Bertz CT molecular complexity index is 429. The molecule has 5 heteroatoms. The Kier molecular flexibility index (Phi) is 5.44. The molecule has 0 heterocycles. The maximum Gasteiger partial charge on any atom is 0.246 e. The van der Waals surface area contributed by atoms with Crippen LogP contribution in [0.15, 0.2) is 24.3 Å². The van der Waals surface area contributed by atoms with Gasteiger partial charge in [-0.1, -0.05) is 18.2 Å². The van der Waals surface area contributed by atoms with Gasteiger partial charge in [0.1, 0.15) is 12.4 Å². The maximum absolute atomic E-state index is 13.4. The molecule has 0 bridgehead atoms. The summed E-state index contributed by atoms with van der Waals surface area (Å²) >= 11 is 0. The molecule has 0 aliphatic rings. The third-order valence-electron chi connectivity index (χ3n) is 2.39. The highest BCUT2D eigenvalue weighted by Crippen LogP contribution is 2.15. The molecule has 1 aromatic rings. The molecule has 1 aromatic carbocycles. The van der Waals surface area contributed by atoms with Gasteiger partial charge in [0, 0.05) is 12.1 Å². The van der Waals surface area contributed by atoms with Crippen molar-refractivity contribution in [3.8, 4) is 0 Å². The fourth-order valence-corrected chi connectivity index (χ4v) is 1.40. The molecule has 4 nitrogen and oxygen atoms in total. The van der Waals surface area contributed by atoms with Crippen molar-refractivity contribution in [2.75, 3.05) is 13.2 Å². The van der Waals surface area contributed by atoms with Gasteiger partial charge in [0.15, 0.2) is 0 Å². The molecule has 1 unspecified atom stereocenters. The highest BCUT2D eigenvalue weighted by molar-refractivity contribution is 5.77. The minimum atomic E-state index is -1.07. The molecule has 19 heavy (non-hydrogen) atoms. The van der Waals surface area contributed by atoms with Crippen LogP contribution in [0.4, 0.5) is 4.39 Å². The zero-order valence-corrected chi connectivity index (χ0v) is 11.4. The van der Waals surface area contributed by atoms with Crippen LogP contribution in [0.2, 0.25) is 0 Å². The van der Waals surface area contributed by atoms with Crippen molar-refractivity contribution in [2.45, 2.75) is 32.5 Å². The lowest BCUT2D eigenvalue weighted by molar-refractivity contribution is -0.131. The number of aliphatic hydroxyl groups is 1. The molecule has 0 radical (unpaired) electrons. The summed E-state index contributed by atoms with van der Waals surface area (Å²) in [6, 6.07) is 5.92. The summed E-state index contributed by atoms with van der Waals surface area (Å²) in [5, 5.41) is 12.3. The average Bonchev–Trinajstić information content (AvgIpc) is 2.33. The Morgan fingerprint density at radius 3 is 2.63 bits per heavy atom. The number of amides is 1. The maximum atomic E-state index is 13.4. The quantitative estimate of drug-likeness (QED) is 0.856. The Hall–Kier alpha value is -1.46. The topological polar surface area (TPSA) is 58.6 Å². The first-order valence-electron chi connectivity index (χ1n) is 6.13. The van der Waals surface area contributed by atoms with E-state index in [1.54, 1.807) is 12.1 Å². The number of hydrogen-bond acceptors (Lipinski definition) is 3. The van der Waals surface area contributed by atoms with Crippen LogP contribution in [0.3, 0.4) is 0 Å². The Morgan fingerprint density at radius 2 is 2.05 bits per heavy atom. The Labute approximate surface area is 112 Å². The molecule has 0 fully saturated rings. The van der Waals surface area contributed by atoms with E-state index in [1.165, 1.54) is 12.1 Å². The molecule has 0 aliphatic heterocycles. The summed E-state index contributed by atoms with van der Waals surface area (Å²) in [6.07, 6.45) is -1.07. The molecule has 0 aromatic heterocycles. The van der Waals surface area contributed by atoms with Gasteiger partial charge in [-0.25, -0.2) is 4.39 Å². The average molecular weight is 269 g/mol. The summed E-state index contributed by atoms with van der Waals surface area (Å²) < 4.78 is 18.7. The normalized spacial score (nSPS) is 13.1. The summed E-state index contributed by atoms with van der Waals surface area (Å²) in [6.45, 7) is 5.39. The molecule has 2 N–H and O–H groups in total. The molecule has 0 saturated heterocycles. The van der Waals surface area contributed by atoms with Gasteiger partial charge in [-0.15, -0.1) is 0 Å². The number of rotatable bonds is 5. The summed E-state index contributed by atoms with van der Waals surface area (Å²) in [4.78, 5) is 11.5. The number of benzene rings is 1. The molecule has 1 atom stereocenters. The Balaban J connectivity index is 2.40. The third-order valence-corrected chi connectivity index (χ3v) is 2.39. The molecule has 1 rings (SSSR count). The molecular weight excluding hydrogens is 249 g/mol. The summed E-state index contributed by atoms with van der Waals surface area (Å²) in [5.74, 6) is -0.833. The number of carbonyl (C=O) groups is 1. The number of ether oxygens (including phenoxy) is 1. The van der Waals surface area contributed by atoms with E-state index in [0.29, 0.717) is 0 Å². The number of hydrogen-bond donors (Lipinski definition) is 2. The summed E-state index contributed by atoms with van der Waals surface area (Å²) in [7, 11) is 0. The van der Waals surface area contributed by atoms with E-state index in [-0.39, 0.29) is 24.6 Å². The van der Waals surface area contributed by atoms with Crippen molar-refractivity contribution in [1.82, 2.24) is 5.32 Å². The van der Waals surface area contributed by atoms with E-state index in [4.69, 9.17) is 4.74 Å². The van der Waals surface area contributed by atoms with Crippen LogP contribution in [-0.2, 0) is 9.53 Å². The van der Waals surface area contributed by atoms with E-state index in [1.807, 2.05) is 20.8 Å². The summed E-state index contributed by atoms with van der Waals surface area (Å²) in [5.41, 5.74) is -0.235. The van der Waals surface area contributed by atoms with Gasteiger partial charge in [0.25, 0.3) is 0 Å². The van der Waals surface area contributed by atoms with E-state index < -0.39 is 17.5 Å². The van der Waals surface area contributed by atoms with Crippen LogP contribution < -0.4 is 5.32 Å². The van der Waals surface area contributed by atoms with Crippen LogP contribution in [0.5, 0.6) is 0 Å². The first-order valence-corrected chi connectivity index (χ1v) is 6.13. The first kappa shape index (κ1) is 15.6. The fraction of sp³-hybridized carbons (Fsp3) is 0.500. The highest BCUT2D eigenvalue weighted by atomic mass is 19.1. The van der Waals surface area contributed by atoms with Crippen LogP contribution in [0.1, 0.15) is 32.4 Å². The third kappa shape index (κ3) is 5.81. The van der Waals surface area contributed by atoms with Crippen molar-refractivity contribution in [3.63, 3.8) is 0 Å². The van der Waals surface area contributed by atoms with E-state index in [2.05, 4.69) is 5.32 Å². The standard InChI is InChI=1S/C14H20FNO3/c1-14(2,3)19-9-13(18)16-8-12(17)10-6-4-5-7-11(10)15/h4-7,12,17H,8-9H2,1-3H3,(H,16,18). The van der Waals surface area contributed by atoms with Crippen molar-refractivity contribution in [3.05, 3.63) is 35.6 Å². The molecule has 1 amide bonds. The largest absolute Gasteiger partial charge is 0.386 e. The van der Waals surface area contributed by atoms with Gasteiger partial charge < -0.3 is 15.2 Å². The molecule has 0 spiro atoms. The van der Waals surface area contributed by atoms with Crippen molar-refractivity contribution in [1.29, 1.82) is 0 Å². The van der Waals surface area contributed by atoms with Gasteiger partial charge in [0.2, 0.25) is 5.91 Å². The van der Waals surface area contributed by atoms with E-state index >= 15 is 0 Å². The van der Waals surface area contributed by atoms with E-state index in [0.717, 1.165) is 0 Å².